The molecule has 1 aromatic rings. The number of hydrogen-bond acceptors (Lipinski definition) is 6. The second-order valence-corrected chi connectivity index (χ2v) is 4.36. The molecular formula is C14H20N2O6. The number of benzene rings is 1. The van der Waals surface area contributed by atoms with Crippen LogP contribution in [0.3, 0.4) is 0 Å². The molecule has 0 aromatic heterocycles. The number of carbonyl (C=O) groups excluding carboxylic acids is 1. The van der Waals surface area contributed by atoms with E-state index in [-0.39, 0.29) is 6.42 Å². The van der Waals surface area contributed by atoms with Gasteiger partial charge in [-0.3, -0.25) is 14.4 Å². The Bertz CT molecular complexity index is 491. The minimum absolute atomic E-state index is 0.286. The normalized spacial score (nSPS) is 12.3. The Balaban J connectivity index is 0.000000409. The van der Waals surface area contributed by atoms with Crippen molar-refractivity contribution in [1.29, 1.82) is 0 Å². The third kappa shape index (κ3) is 8.67. The Morgan fingerprint density at radius 3 is 1.95 bits per heavy atom. The van der Waals surface area contributed by atoms with Gasteiger partial charge in [0.25, 0.3) is 0 Å². The molecule has 0 aliphatic heterocycles. The first-order valence-electron chi connectivity index (χ1n) is 6.35. The minimum Gasteiger partial charge on any atom is -0.480 e. The lowest BCUT2D eigenvalue weighted by atomic mass is 10.1. The molecule has 0 saturated carbocycles. The number of carbonyl (C=O) groups is 3. The Morgan fingerprint density at radius 1 is 1.05 bits per heavy atom. The summed E-state index contributed by atoms with van der Waals surface area (Å²) in [4.78, 5) is 30.8. The van der Waals surface area contributed by atoms with Crippen molar-refractivity contribution in [1.82, 2.24) is 0 Å². The fraction of sp³-hybridized carbons (Fsp3) is 0.357. The smallest absolute Gasteiger partial charge is 0.321 e. The van der Waals surface area contributed by atoms with Crippen LogP contribution >= 0.6 is 0 Å². The van der Waals surface area contributed by atoms with Crippen molar-refractivity contribution in [2.75, 3.05) is 7.11 Å². The molecule has 0 fully saturated rings. The van der Waals surface area contributed by atoms with E-state index in [2.05, 4.69) is 4.74 Å². The zero-order chi connectivity index (χ0) is 17.1. The van der Waals surface area contributed by atoms with Crippen LogP contribution in [0, 0.1) is 0 Å². The molecule has 8 heteroatoms. The standard InChI is InChI=1S/C9H11NO2.C5H9NO4/c10-8(9(11)12)6-7-4-2-1-3-5-7;1-10-4(7)2-3(6)5(8)9/h1-5,8H,6,10H2,(H,11,12);3H,2,6H2,1H3,(H,8,9)/t8-;3-/m00/s1. The fourth-order valence-electron chi connectivity index (χ4n) is 1.31. The zero-order valence-corrected chi connectivity index (χ0v) is 12.1. The van der Waals surface area contributed by atoms with Gasteiger partial charge in [0.2, 0.25) is 0 Å². The first kappa shape index (κ1) is 19.6. The van der Waals surface area contributed by atoms with Crippen LogP contribution in [-0.2, 0) is 25.5 Å². The highest BCUT2D eigenvalue weighted by Gasteiger charge is 2.15. The van der Waals surface area contributed by atoms with Crippen molar-refractivity contribution < 1.29 is 29.3 Å². The van der Waals surface area contributed by atoms with Crippen molar-refractivity contribution in [2.45, 2.75) is 24.9 Å². The van der Waals surface area contributed by atoms with E-state index in [0.29, 0.717) is 6.42 Å². The van der Waals surface area contributed by atoms with Crippen LogP contribution in [-0.4, -0.2) is 47.3 Å². The molecule has 0 aliphatic rings. The van der Waals surface area contributed by atoms with Crippen LogP contribution in [0.25, 0.3) is 0 Å². The first-order chi connectivity index (χ1) is 10.3. The summed E-state index contributed by atoms with van der Waals surface area (Å²) >= 11 is 0. The number of carboxylic acids is 2. The molecule has 0 aliphatic carbocycles. The lowest BCUT2D eigenvalue weighted by molar-refractivity contribution is -0.146. The SMILES string of the molecule is COC(=O)C[C@H](N)C(=O)O.N[C@@H](Cc1ccccc1)C(=O)O. The Hall–Kier alpha value is -2.45. The number of rotatable bonds is 6. The molecule has 0 saturated heterocycles. The Kier molecular flexibility index (Phi) is 9.15. The maximum atomic E-state index is 10.4. The molecular weight excluding hydrogens is 292 g/mol. The summed E-state index contributed by atoms with van der Waals surface area (Å²) in [7, 11) is 1.18. The molecule has 0 radical (unpaired) electrons. The lowest BCUT2D eigenvalue weighted by Crippen LogP contribution is -2.32. The van der Waals surface area contributed by atoms with Crippen LogP contribution in [0.4, 0.5) is 0 Å². The molecule has 0 unspecified atom stereocenters. The Labute approximate surface area is 127 Å². The van der Waals surface area contributed by atoms with Gasteiger partial charge in [-0.25, -0.2) is 0 Å². The van der Waals surface area contributed by atoms with E-state index < -0.39 is 30.0 Å². The minimum atomic E-state index is -1.20. The van der Waals surface area contributed by atoms with Gasteiger partial charge in [-0.05, 0) is 12.0 Å². The first-order valence-corrected chi connectivity index (χ1v) is 6.35. The van der Waals surface area contributed by atoms with E-state index in [1.165, 1.54) is 7.11 Å². The number of hydrogen-bond donors (Lipinski definition) is 4. The highest BCUT2D eigenvalue weighted by molar-refractivity contribution is 5.81. The number of methoxy groups -OCH3 is 1. The van der Waals surface area contributed by atoms with E-state index in [0.717, 1.165) is 5.56 Å². The maximum Gasteiger partial charge on any atom is 0.321 e. The zero-order valence-electron chi connectivity index (χ0n) is 12.1. The van der Waals surface area contributed by atoms with Crippen molar-refractivity contribution in [3.05, 3.63) is 35.9 Å². The number of ether oxygens (including phenoxy) is 1. The molecule has 8 nitrogen and oxygen atoms in total. The van der Waals surface area contributed by atoms with E-state index in [1.807, 2.05) is 30.3 Å². The molecule has 0 bridgehead atoms. The van der Waals surface area contributed by atoms with E-state index in [9.17, 15) is 14.4 Å². The van der Waals surface area contributed by atoms with Crippen LogP contribution in [0.2, 0.25) is 0 Å². The van der Waals surface area contributed by atoms with Crippen LogP contribution in [0.5, 0.6) is 0 Å². The fourth-order valence-corrected chi connectivity index (χ4v) is 1.31. The number of carboxylic acid groups (broad SMARTS) is 2. The summed E-state index contributed by atoms with van der Waals surface area (Å²) in [5.74, 6) is -2.78. The Morgan fingerprint density at radius 2 is 1.55 bits per heavy atom. The predicted octanol–water partition coefficient (Wildman–Crippen LogP) is -0.398. The molecule has 6 N–H and O–H groups in total. The average Bonchev–Trinajstić information content (AvgIpc) is 2.48. The van der Waals surface area contributed by atoms with Gasteiger partial charge in [-0.2, -0.15) is 0 Å². The molecule has 22 heavy (non-hydrogen) atoms. The van der Waals surface area contributed by atoms with Crippen LogP contribution in [0.1, 0.15) is 12.0 Å². The highest BCUT2D eigenvalue weighted by atomic mass is 16.5. The average molecular weight is 312 g/mol. The second kappa shape index (κ2) is 10.3. The number of aliphatic carboxylic acids is 2. The summed E-state index contributed by atoms with van der Waals surface area (Å²) in [5.41, 5.74) is 11.3. The van der Waals surface area contributed by atoms with Crippen molar-refractivity contribution >= 4 is 17.9 Å². The molecule has 1 aromatic carbocycles. The number of esters is 1. The molecule has 0 spiro atoms. The molecule has 0 amide bonds. The lowest BCUT2D eigenvalue weighted by Gasteiger charge is -2.04. The van der Waals surface area contributed by atoms with Gasteiger partial charge >= 0.3 is 17.9 Å². The highest BCUT2D eigenvalue weighted by Crippen LogP contribution is 2.01. The summed E-state index contributed by atoms with van der Waals surface area (Å²) < 4.78 is 4.19. The largest absolute Gasteiger partial charge is 0.480 e. The number of nitrogens with two attached hydrogens (primary N) is 2. The van der Waals surface area contributed by atoms with Crippen LogP contribution < -0.4 is 11.5 Å². The summed E-state index contributed by atoms with van der Waals surface area (Å²) in [6, 6.07) is 7.38. The van der Waals surface area contributed by atoms with Crippen molar-refractivity contribution in [3.63, 3.8) is 0 Å². The van der Waals surface area contributed by atoms with Crippen LogP contribution in [0.15, 0.2) is 30.3 Å². The summed E-state index contributed by atoms with van der Waals surface area (Å²) in [5, 5.41) is 16.7. The second-order valence-electron chi connectivity index (χ2n) is 4.36. The van der Waals surface area contributed by atoms with Gasteiger partial charge in [0.1, 0.15) is 12.1 Å². The van der Waals surface area contributed by atoms with Gasteiger partial charge in [-0.15, -0.1) is 0 Å². The molecule has 122 valence electrons. The summed E-state index contributed by atoms with van der Waals surface area (Å²) in [6.45, 7) is 0. The quantitative estimate of drug-likeness (QED) is 0.518. The van der Waals surface area contributed by atoms with Crippen molar-refractivity contribution in [3.8, 4) is 0 Å². The van der Waals surface area contributed by atoms with E-state index in [4.69, 9.17) is 21.7 Å². The van der Waals surface area contributed by atoms with Gasteiger partial charge in [0.15, 0.2) is 0 Å². The third-order valence-electron chi connectivity index (χ3n) is 2.55. The molecule has 0 heterocycles. The van der Waals surface area contributed by atoms with Gasteiger partial charge < -0.3 is 26.4 Å². The van der Waals surface area contributed by atoms with Crippen molar-refractivity contribution in [2.24, 2.45) is 11.5 Å². The van der Waals surface area contributed by atoms with E-state index in [1.54, 1.807) is 0 Å². The topological polar surface area (TPSA) is 153 Å². The van der Waals surface area contributed by atoms with Gasteiger partial charge in [0, 0.05) is 0 Å². The van der Waals surface area contributed by atoms with Gasteiger partial charge in [0.05, 0.1) is 13.5 Å². The summed E-state index contributed by atoms with van der Waals surface area (Å²) in [6.07, 6.45) is 0.0992. The predicted molar refractivity (Wildman–Crippen MR) is 78.0 cm³/mol. The monoisotopic (exact) mass is 312 g/mol. The van der Waals surface area contributed by atoms with Gasteiger partial charge in [-0.1, -0.05) is 30.3 Å². The maximum absolute atomic E-state index is 10.4. The molecule has 2 atom stereocenters. The molecule has 1 rings (SSSR count). The van der Waals surface area contributed by atoms with E-state index >= 15 is 0 Å². The third-order valence-corrected chi connectivity index (χ3v) is 2.55.